The van der Waals surface area contributed by atoms with Crippen LogP contribution in [0.2, 0.25) is 10.0 Å². The Morgan fingerprint density at radius 1 is 1.11 bits per heavy atom. The highest BCUT2D eigenvalue weighted by atomic mass is 35.5. The molecule has 3 aromatic rings. The number of aromatic nitrogens is 2. The van der Waals surface area contributed by atoms with Crippen LogP contribution >= 0.6 is 23.2 Å². The molecule has 0 unspecified atom stereocenters. The van der Waals surface area contributed by atoms with Crippen LogP contribution in [-0.2, 0) is 18.4 Å². The van der Waals surface area contributed by atoms with Crippen LogP contribution in [0.25, 0.3) is 0 Å². The molecule has 1 heterocycles. The maximum absolute atomic E-state index is 13.7. The van der Waals surface area contributed by atoms with E-state index in [1.807, 2.05) is 50.2 Å². The summed E-state index contributed by atoms with van der Waals surface area (Å²) >= 11 is 13.0. The van der Waals surface area contributed by atoms with Crippen molar-refractivity contribution in [1.29, 1.82) is 0 Å². The highest BCUT2D eigenvalue weighted by Crippen LogP contribution is 2.47. The average molecular weight is 559 g/mol. The smallest absolute Gasteiger partial charge is 0.276 e. The fraction of sp³-hybridized carbons (Fsp3) is 0.414. The zero-order valence-corrected chi connectivity index (χ0v) is 23.2. The van der Waals surface area contributed by atoms with Gasteiger partial charge in [-0.05, 0) is 56.0 Å². The van der Waals surface area contributed by atoms with E-state index in [0.717, 1.165) is 36.8 Å². The number of hydrogen-bond donors (Lipinski definition) is 2. The van der Waals surface area contributed by atoms with Crippen LogP contribution in [0.5, 0.6) is 11.6 Å². The molecule has 1 aliphatic carbocycles. The van der Waals surface area contributed by atoms with Crippen LogP contribution in [-0.4, -0.2) is 50.2 Å². The summed E-state index contributed by atoms with van der Waals surface area (Å²) in [5.74, 6) is -0.597. The highest BCUT2D eigenvalue weighted by molar-refractivity contribution is 6.33. The van der Waals surface area contributed by atoms with E-state index in [9.17, 15) is 15.0 Å². The molecule has 38 heavy (non-hydrogen) atoms. The number of carbonyl (C=O) groups is 1. The van der Waals surface area contributed by atoms with Crippen LogP contribution in [0.4, 0.5) is 0 Å². The summed E-state index contributed by atoms with van der Waals surface area (Å²) in [6.45, 7) is 3.76. The number of hydrogen-bond acceptors (Lipinski definition) is 6. The summed E-state index contributed by atoms with van der Waals surface area (Å²) in [5.41, 5.74) is 1.39. The van der Waals surface area contributed by atoms with Crippen molar-refractivity contribution >= 4 is 29.1 Å². The molecule has 1 aliphatic rings. The van der Waals surface area contributed by atoms with Crippen molar-refractivity contribution in [2.45, 2.75) is 64.0 Å². The lowest BCUT2D eigenvalue weighted by molar-refractivity contribution is 0.0651. The van der Waals surface area contributed by atoms with E-state index < -0.39 is 11.8 Å². The maximum atomic E-state index is 13.7. The Hall–Kier alpha value is -2.87. The van der Waals surface area contributed by atoms with Gasteiger partial charge in [-0.1, -0.05) is 66.4 Å². The zero-order chi connectivity index (χ0) is 27.3. The summed E-state index contributed by atoms with van der Waals surface area (Å²) < 4.78 is 5.93. The molecule has 0 atom stereocenters. The van der Waals surface area contributed by atoms with E-state index in [0.29, 0.717) is 22.3 Å². The third-order valence-corrected chi connectivity index (χ3v) is 7.67. The first-order valence-corrected chi connectivity index (χ1v) is 13.6. The second-order valence-corrected chi connectivity index (χ2v) is 10.9. The lowest BCUT2D eigenvalue weighted by Gasteiger charge is -2.31. The Balaban J connectivity index is 1.76. The fourth-order valence-electron chi connectivity index (χ4n) is 5.21. The van der Waals surface area contributed by atoms with Crippen LogP contribution in [0.15, 0.2) is 48.5 Å². The second kappa shape index (κ2) is 12.3. The van der Waals surface area contributed by atoms with Crippen molar-refractivity contribution in [2.75, 3.05) is 13.2 Å². The first kappa shape index (κ1) is 28.1. The SMILES string of the molecule is CC(C)N(CCO)C(=O)c1nc(CC2(c3cc(Cl)ccc3Cl)CCCC2)nc(O)c1OCc1ccccc1. The molecule has 1 aromatic heterocycles. The van der Waals surface area contributed by atoms with E-state index in [1.54, 1.807) is 12.1 Å². The molecule has 1 amide bonds. The summed E-state index contributed by atoms with van der Waals surface area (Å²) in [4.78, 5) is 24.3. The van der Waals surface area contributed by atoms with Crippen LogP contribution < -0.4 is 4.74 Å². The van der Waals surface area contributed by atoms with Gasteiger partial charge < -0.3 is 19.8 Å². The zero-order valence-electron chi connectivity index (χ0n) is 21.7. The Labute approximate surface area is 233 Å². The number of carbonyl (C=O) groups excluding carboxylic acids is 1. The molecular weight excluding hydrogens is 525 g/mol. The molecule has 1 saturated carbocycles. The van der Waals surface area contributed by atoms with Crippen molar-refractivity contribution in [3.8, 4) is 11.6 Å². The van der Waals surface area contributed by atoms with Crippen LogP contribution in [0.3, 0.4) is 0 Å². The number of halogens is 2. The standard InChI is InChI=1S/C29H33Cl2N3O4/c1-19(2)34(14-15-35)28(37)25-26(38-18-20-8-4-3-5-9-20)27(36)33-24(32-25)17-29(12-6-7-13-29)22-16-21(30)10-11-23(22)31/h3-5,8-11,16,19,35H,6-7,12-15,17-18H2,1-2H3,(H,32,33,36). The van der Waals surface area contributed by atoms with Gasteiger partial charge in [0.1, 0.15) is 12.4 Å². The number of ether oxygens (including phenoxy) is 1. The summed E-state index contributed by atoms with van der Waals surface area (Å²) in [7, 11) is 0. The molecular formula is C29H33Cl2N3O4. The number of aliphatic hydroxyl groups is 1. The van der Waals surface area contributed by atoms with Gasteiger partial charge in [-0.15, -0.1) is 0 Å². The topological polar surface area (TPSA) is 95.8 Å². The molecule has 202 valence electrons. The van der Waals surface area contributed by atoms with E-state index in [-0.39, 0.29) is 42.7 Å². The van der Waals surface area contributed by atoms with E-state index in [1.165, 1.54) is 4.90 Å². The van der Waals surface area contributed by atoms with E-state index in [4.69, 9.17) is 27.9 Å². The summed E-state index contributed by atoms with van der Waals surface area (Å²) in [6.07, 6.45) is 4.11. The van der Waals surface area contributed by atoms with Crippen molar-refractivity contribution in [3.05, 3.63) is 81.2 Å². The minimum absolute atomic E-state index is 0.0316. The van der Waals surface area contributed by atoms with Gasteiger partial charge in [0.2, 0.25) is 5.75 Å². The molecule has 7 nitrogen and oxygen atoms in total. The minimum Gasteiger partial charge on any atom is -0.491 e. The molecule has 2 aromatic carbocycles. The van der Waals surface area contributed by atoms with Gasteiger partial charge in [0.05, 0.1) is 6.61 Å². The minimum atomic E-state index is -0.447. The van der Waals surface area contributed by atoms with E-state index >= 15 is 0 Å². The van der Waals surface area contributed by atoms with Gasteiger partial charge in [-0.2, -0.15) is 4.98 Å². The molecule has 0 radical (unpaired) electrons. The van der Waals surface area contributed by atoms with Crippen LogP contribution in [0.1, 0.15) is 67.0 Å². The summed E-state index contributed by atoms with van der Waals surface area (Å²) in [5, 5.41) is 21.8. The lowest BCUT2D eigenvalue weighted by atomic mass is 9.76. The predicted octanol–water partition coefficient (Wildman–Crippen LogP) is 5.97. The van der Waals surface area contributed by atoms with E-state index in [2.05, 4.69) is 9.97 Å². The number of rotatable bonds is 10. The lowest BCUT2D eigenvalue weighted by Crippen LogP contribution is -2.40. The first-order chi connectivity index (χ1) is 18.2. The quantitative estimate of drug-likeness (QED) is 0.319. The Bertz CT molecular complexity index is 1260. The molecule has 4 rings (SSSR count). The van der Waals surface area contributed by atoms with Crippen molar-refractivity contribution in [1.82, 2.24) is 14.9 Å². The van der Waals surface area contributed by atoms with Gasteiger partial charge in [0.25, 0.3) is 11.8 Å². The average Bonchev–Trinajstić information content (AvgIpc) is 3.37. The van der Waals surface area contributed by atoms with Gasteiger partial charge in [-0.3, -0.25) is 4.79 Å². The molecule has 0 bridgehead atoms. The third-order valence-electron chi connectivity index (χ3n) is 7.10. The number of amides is 1. The Morgan fingerprint density at radius 2 is 1.82 bits per heavy atom. The maximum Gasteiger partial charge on any atom is 0.276 e. The first-order valence-electron chi connectivity index (χ1n) is 12.9. The number of benzene rings is 2. The normalized spacial score (nSPS) is 14.6. The molecule has 0 aliphatic heterocycles. The number of aliphatic hydroxyl groups excluding tert-OH is 1. The van der Waals surface area contributed by atoms with Gasteiger partial charge >= 0.3 is 0 Å². The molecule has 9 heteroatoms. The number of nitrogens with zero attached hydrogens (tertiary/aromatic N) is 3. The summed E-state index contributed by atoms with van der Waals surface area (Å²) in [6, 6.07) is 14.7. The van der Waals surface area contributed by atoms with Crippen LogP contribution in [0, 0.1) is 0 Å². The Kier molecular flexibility index (Phi) is 9.13. The highest BCUT2D eigenvalue weighted by Gasteiger charge is 2.39. The van der Waals surface area contributed by atoms with Gasteiger partial charge in [0.15, 0.2) is 5.69 Å². The number of aromatic hydroxyl groups is 1. The monoisotopic (exact) mass is 557 g/mol. The van der Waals surface area contributed by atoms with Crippen molar-refractivity contribution in [3.63, 3.8) is 0 Å². The molecule has 1 fully saturated rings. The molecule has 0 spiro atoms. The second-order valence-electron chi connectivity index (χ2n) is 10.0. The van der Waals surface area contributed by atoms with Gasteiger partial charge in [0, 0.05) is 34.5 Å². The third kappa shape index (κ3) is 6.22. The van der Waals surface area contributed by atoms with Crippen molar-refractivity contribution in [2.24, 2.45) is 0 Å². The molecule has 2 N–H and O–H groups in total. The van der Waals surface area contributed by atoms with Gasteiger partial charge in [-0.25, -0.2) is 4.98 Å². The Morgan fingerprint density at radius 3 is 2.47 bits per heavy atom. The van der Waals surface area contributed by atoms with Crippen molar-refractivity contribution < 1.29 is 19.7 Å². The molecule has 0 saturated heterocycles. The largest absolute Gasteiger partial charge is 0.491 e. The fourth-order valence-corrected chi connectivity index (χ4v) is 5.70. The predicted molar refractivity (Wildman–Crippen MR) is 148 cm³/mol.